The molecule has 0 aromatic heterocycles. The molecule has 1 aromatic rings. The molecule has 2 saturated heterocycles. The fourth-order valence-electron chi connectivity index (χ4n) is 4.03. The number of carbonyl (C=O) groups is 3. The molecule has 2 fully saturated rings. The lowest BCUT2D eigenvalue weighted by molar-refractivity contribution is -0.142. The summed E-state index contributed by atoms with van der Waals surface area (Å²) in [5, 5.41) is 2.41. The molecule has 0 radical (unpaired) electrons. The van der Waals surface area contributed by atoms with Crippen LogP contribution in [0.25, 0.3) is 0 Å². The zero-order valence-corrected chi connectivity index (χ0v) is 15.6. The lowest BCUT2D eigenvalue weighted by Gasteiger charge is -2.39. The van der Waals surface area contributed by atoms with E-state index in [4.69, 9.17) is 0 Å². The van der Waals surface area contributed by atoms with Gasteiger partial charge < -0.3 is 10.2 Å². The molecule has 2 aliphatic rings. The maximum absolute atomic E-state index is 14.2. The topological polar surface area (TPSA) is 69.7 Å². The predicted molar refractivity (Wildman–Crippen MR) is 93.6 cm³/mol. The van der Waals surface area contributed by atoms with E-state index >= 15 is 0 Å². The SMILES string of the molecule is C[C@H]1CCC[C@H](C)N1C(=O)CN1C(=O)N[C@](C)(c2cc(F)ccc2F)C1=O. The Bertz CT molecular complexity index is 790. The van der Waals surface area contributed by atoms with E-state index in [2.05, 4.69) is 5.32 Å². The Kier molecular flexibility index (Phi) is 4.92. The first kappa shape index (κ1) is 19.3. The van der Waals surface area contributed by atoms with Crippen LogP contribution in [0.1, 0.15) is 45.6 Å². The summed E-state index contributed by atoms with van der Waals surface area (Å²) in [6, 6.07) is 1.97. The minimum absolute atomic E-state index is 0.0223. The summed E-state index contributed by atoms with van der Waals surface area (Å²) in [7, 11) is 0. The van der Waals surface area contributed by atoms with E-state index < -0.39 is 35.7 Å². The van der Waals surface area contributed by atoms with Crippen LogP contribution >= 0.6 is 0 Å². The van der Waals surface area contributed by atoms with Gasteiger partial charge in [-0.05, 0) is 58.2 Å². The van der Waals surface area contributed by atoms with Crippen LogP contribution in [0.15, 0.2) is 18.2 Å². The van der Waals surface area contributed by atoms with Gasteiger partial charge in [0, 0.05) is 17.6 Å². The van der Waals surface area contributed by atoms with E-state index in [-0.39, 0.29) is 23.6 Å². The Hall–Kier alpha value is -2.51. The van der Waals surface area contributed by atoms with E-state index in [0.29, 0.717) is 0 Å². The standard InChI is InChI=1S/C19H23F2N3O3/c1-11-5-4-6-12(2)24(11)16(25)10-23-17(26)19(3,22-18(23)27)14-9-13(20)7-8-15(14)21/h7-9,11-12H,4-6,10H2,1-3H3,(H,22,27)/t11-,12-,19+/m0/s1. The normalized spacial score (nSPS) is 28.5. The number of carbonyl (C=O) groups excluding carboxylic acids is 3. The van der Waals surface area contributed by atoms with Crippen molar-refractivity contribution in [3.8, 4) is 0 Å². The largest absolute Gasteiger partial charge is 0.336 e. The minimum atomic E-state index is -1.76. The summed E-state index contributed by atoms with van der Waals surface area (Å²) in [6.45, 7) is 4.75. The summed E-state index contributed by atoms with van der Waals surface area (Å²) >= 11 is 0. The van der Waals surface area contributed by atoms with Crippen molar-refractivity contribution in [3.05, 3.63) is 35.4 Å². The van der Waals surface area contributed by atoms with Crippen LogP contribution in [0.4, 0.5) is 13.6 Å². The number of benzene rings is 1. The molecular weight excluding hydrogens is 356 g/mol. The number of imide groups is 1. The molecule has 0 spiro atoms. The summed E-state index contributed by atoms with van der Waals surface area (Å²) in [6.07, 6.45) is 2.75. The molecule has 0 saturated carbocycles. The van der Waals surface area contributed by atoms with Crippen LogP contribution in [-0.2, 0) is 15.1 Å². The summed E-state index contributed by atoms with van der Waals surface area (Å²) in [5.74, 6) is -2.64. The third-order valence-corrected chi connectivity index (χ3v) is 5.52. The molecule has 1 aromatic carbocycles. The zero-order chi connectivity index (χ0) is 19.9. The molecule has 27 heavy (non-hydrogen) atoms. The Morgan fingerprint density at radius 3 is 2.48 bits per heavy atom. The van der Waals surface area contributed by atoms with Gasteiger partial charge in [0.15, 0.2) is 0 Å². The lowest BCUT2D eigenvalue weighted by atomic mass is 9.91. The fourth-order valence-corrected chi connectivity index (χ4v) is 4.03. The van der Waals surface area contributed by atoms with Gasteiger partial charge in [0.25, 0.3) is 5.91 Å². The molecular formula is C19H23F2N3O3. The third kappa shape index (κ3) is 3.28. The van der Waals surface area contributed by atoms with Gasteiger partial charge in [-0.3, -0.25) is 14.5 Å². The number of likely N-dealkylation sites (tertiary alicyclic amines) is 1. The maximum Gasteiger partial charge on any atom is 0.325 e. The third-order valence-electron chi connectivity index (χ3n) is 5.52. The average molecular weight is 379 g/mol. The number of halogens is 2. The highest BCUT2D eigenvalue weighted by atomic mass is 19.1. The average Bonchev–Trinajstić information content (AvgIpc) is 2.81. The van der Waals surface area contributed by atoms with Crippen molar-refractivity contribution in [2.24, 2.45) is 0 Å². The van der Waals surface area contributed by atoms with Crippen molar-refractivity contribution in [3.63, 3.8) is 0 Å². The quantitative estimate of drug-likeness (QED) is 0.821. The monoisotopic (exact) mass is 379 g/mol. The van der Waals surface area contributed by atoms with Gasteiger partial charge in [0.1, 0.15) is 23.7 Å². The van der Waals surface area contributed by atoms with Crippen LogP contribution in [0, 0.1) is 11.6 Å². The van der Waals surface area contributed by atoms with Crippen LogP contribution in [-0.4, -0.2) is 46.3 Å². The second-order valence-electron chi connectivity index (χ2n) is 7.50. The minimum Gasteiger partial charge on any atom is -0.336 e. The van der Waals surface area contributed by atoms with E-state index in [1.54, 1.807) is 4.90 Å². The molecule has 0 unspecified atom stereocenters. The number of hydrogen-bond donors (Lipinski definition) is 1. The molecule has 4 amide bonds. The van der Waals surface area contributed by atoms with Crippen LogP contribution in [0.3, 0.4) is 0 Å². The Morgan fingerprint density at radius 1 is 1.22 bits per heavy atom. The smallest absolute Gasteiger partial charge is 0.325 e. The van der Waals surface area contributed by atoms with Gasteiger partial charge in [-0.1, -0.05) is 0 Å². The second-order valence-corrected chi connectivity index (χ2v) is 7.50. The second kappa shape index (κ2) is 6.90. The zero-order valence-electron chi connectivity index (χ0n) is 15.6. The number of rotatable bonds is 3. The summed E-state index contributed by atoms with van der Waals surface area (Å²) in [4.78, 5) is 40.5. The molecule has 3 rings (SSSR count). The number of piperidine rings is 1. The maximum atomic E-state index is 14.2. The highest BCUT2D eigenvalue weighted by molar-refractivity contribution is 6.09. The molecule has 2 heterocycles. The van der Waals surface area contributed by atoms with Gasteiger partial charge in [-0.15, -0.1) is 0 Å². The van der Waals surface area contributed by atoms with Crippen molar-refractivity contribution < 1.29 is 23.2 Å². The number of nitrogens with one attached hydrogen (secondary N) is 1. The highest BCUT2D eigenvalue weighted by Gasteiger charge is 2.51. The molecule has 146 valence electrons. The van der Waals surface area contributed by atoms with Crippen LogP contribution in [0.2, 0.25) is 0 Å². The van der Waals surface area contributed by atoms with Gasteiger partial charge >= 0.3 is 6.03 Å². The first-order valence-electron chi connectivity index (χ1n) is 9.06. The molecule has 1 N–H and O–H groups in total. The van der Waals surface area contributed by atoms with Crippen molar-refractivity contribution in [1.29, 1.82) is 0 Å². The van der Waals surface area contributed by atoms with E-state index in [0.717, 1.165) is 42.4 Å². The fraction of sp³-hybridized carbons (Fsp3) is 0.526. The van der Waals surface area contributed by atoms with E-state index in [1.807, 2.05) is 13.8 Å². The van der Waals surface area contributed by atoms with Crippen LogP contribution < -0.4 is 5.32 Å². The summed E-state index contributed by atoms with van der Waals surface area (Å²) < 4.78 is 27.8. The molecule has 2 aliphatic heterocycles. The number of nitrogens with zero attached hydrogens (tertiary/aromatic N) is 2. The van der Waals surface area contributed by atoms with Crippen molar-refractivity contribution in [2.45, 2.75) is 57.7 Å². The van der Waals surface area contributed by atoms with Gasteiger partial charge in [0.05, 0.1) is 0 Å². The highest BCUT2D eigenvalue weighted by Crippen LogP contribution is 2.31. The Morgan fingerprint density at radius 2 is 1.85 bits per heavy atom. The first-order chi connectivity index (χ1) is 12.6. The van der Waals surface area contributed by atoms with Gasteiger partial charge in [0.2, 0.25) is 5.91 Å². The van der Waals surface area contributed by atoms with Crippen molar-refractivity contribution in [2.75, 3.05) is 6.54 Å². The van der Waals surface area contributed by atoms with Crippen molar-refractivity contribution in [1.82, 2.24) is 15.1 Å². The molecule has 8 heteroatoms. The van der Waals surface area contributed by atoms with Gasteiger partial charge in [-0.25, -0.2) is 13.6 Å². The first-order valence-corrected chi connectivity index (χ1v) is 9.06. The summed E-state index contributed by atoms with van der Waals surface area (Å²) in [5.41, 5.74) is -2.03. The van der Waals surface area contributed by atoms with Crippen LogP contribution in [0.5, 0.6) is 0 Å². The van der Waals surface area contributed by atoms with Crippen molar-refractivity contribution >= 4 is 17.8 Å². The molecule has 3 atom stereocenters. The lowest BCUT2D eigenvalue weighted by Crippen LogP contribution is -2.52. The number of amides is 4. The number of hydrogen-bond acceptors (Lipinski definition) is 3. The number of urea groups is 1. The van der Waals surface area contributed by atoms with E-state index in [1.165, 1.54) is 6.92 Å². The van der Waals surface area contributed by atoms with Gasteiger partial charge in [-0.2, -0.15) is 0 Å². The molecule has 0 aliphatic carbocycles. The Balaban J connectivity index is 1.84. The Labute approximate surface area is 156 Å². The molecule has 6 nitrogen and oxygen atoms in total. The predicted octanol–water partition coefficient (Wildman–Crippen LogP) is 2.52. The van der Waals surface area contributed by atoms with E-state index in [9.17, 15) is 23.2 Å². The molecule has 0 bridgehead atoms.